The van der Waals surface area contributed by atoms with E-state index in [-0.39, 0.29) is 77.0 Å². The number of benzene rings is 1. The van der Waals surface area contributed by atoms with E-state index in [4.69, 9.17) is 0 Å². The van der Waals surface area contributed by atoms with Crippen LogP contribution >= 0.6 is 0 Å². The fraction of sp³-hybridized carbons (Fsp3) is 0.588. The number of carbonyl (C=O) groups excluding carboxylic acids is 1. The second-order valence-corrected chi connectivity index (χ2v) is 8.58. The number of hydrogen-bond donors (Lipinski definition) is 0. The van der Waals surface area contributed by atoms with Crippen LogP contribution in [0, 0.1) is 6.92 Å². The van der Waals surface area contributed by atoms with Crippen molar-refractivity contribution in [2.75, 3.05) is 17.2 Å². The van der Waals surface area contributed by atoms with Crippen molar-refractivity contribution in [3.63, 3.8) is 0 Å². The van der Waals surface area contributed by atoms with Gasteiger partial charge in [-0.1, -0.05) is 12.1 Å². The summed E-state index contributed by atoms with van der Waals surface area (Å²) in [5, 5.41) is 10.7. The number of rotatable bonds is 6. The van der Waals surface area contributed by atoms with Crippen molar-refractivity contribution in [2.45, 2.75) is 51.5 Å². The van der Waals surface area contributed by atoms with Gasteiger partial charge in [-0.3, -0.25) is 0 Å². The van der Waals surface area contributed by atoms with Crippen LogP contribution in [0.4, 0.5) is 5.69 Å². The van der Waals surface area contributed by atoms with Crippen molar-refractivity contribution in [2.24, 2.45) is 0 Å². The fourth-order valence-corrected chi connectivity index (χ4v) is 4.37. The summed E-state index contributed by atoms with van der Waals surface area (Å²) < 4.78 is 33.8. The van der Waals surface area contributed by atoms with E-state index in [1.54, 1.807) is 0 Å². The molecule has 0 N–H and O–H groups in total. The average Bonchev–Trinajstić information content (AvgIpc) is 2.39. The van der Waals surface area contributed by atoms with Crippen molar-refractivity contribution >= 4 is 21.8 Å². The maximum atomic E-state index is 11.3. The van der Waals surface area contributed by atoms with Gasteiger partial charge in [-0.25, -0.2) is 8.42 Å². The molecule has 1 aliphatic rings. The zero-order valence-corrected chi connectivity index (χ0v) is 21.1. The molecule has 1 atom stereocenters. The SMILES string of the molecule is Cc1ccc2c(c1)N(CCCC(=O)[O-])C(C)(C)CC2CS(=O)(=O)[O-].[Na+].[Na+]. The van der Waals surface area contributed by atoms with Gasteiger partial charge in [-0.2, -0.15) is 0 Å². The zero-order chi connectivity index (χ0) is 18.1. The molecule has 2 rings (SSSR count). The summed E-state index contributed by atoms with van der Waals surface area (Å²) in [7, 11) is -4.33. The largest absolute Gasteiger partial charge is 1.00 e. The minimum Gasteiger partial charge on any atom is -0.748 e. The number of aryl methyl sites for hydroxylation is 1. The van der Waals surface area contributed by atoms with Crippen LogP contribution in [0.2, 0.25) is 0 Å². The van der Waals surface area contributed by atoms with Crippen LogP contribution in [0.3, 0.4) is 0 Å². The Balaban J connectivity index is 0.00000312. The number of aliphatic carboxylic acids is 1. The summed E-state index contributed by atoms with van der Waals surface area (Å²) >= 11 is 0. The van der Waals surface area contributed by atoms with Gasteiger partial charge in [0.05, 0.1) is 10.1 Å². The van der Waals surface area contributed by atoms with E-state index in [9.17, 15) is 22.9 Å². The Labute approximate surface area is 200 Å². The molecule has 0 aliphatic carbocycles. The van der Waals surface area contributed by atoms with Gasteiger partial charge in [0, 0.05) is 35.4 Å². The molecule has 1 aromatic carbocycles. The summed E-state index contributed by atoms with van der Waals surface area (Å²) in [6.45, 7) is 6.46. The van der Waals surface area contributed by atoms with E-state index in [0.717, 1.165) is 16.8 Å². The molecule has 1 aromatic rings. The Morgan fingerprint density at radius 1 is 1.31 bits per heavy atom. The summed E-state index contributed by atoms with van der Waals surface area (Å²) in [4.78, 5) is 12.8. The fourth-order valence-electron chi connectivity index (χ4n) is 3.58. The maximum Gasteiger partial charge on any atom is 1.00 e. The number of carboxylic acid groups (broad SMARTS) is 1. The number of hydrogen-bond acceptors (Lipinski definition) is 6. The summed E-state index contributed by atoms with van der Waals surface area (Å²) in [6.07, 6.45) is 0.950. The predicted molar refractivity (Wildman–Crippen MR) is 88.8 cm³/mol. The second-order valence-electron chi connectivity index (χ2n) is 7.13. The van der Waals surface area contributed by atoms with Crippen molar-refractivity contribution in [3.8, 4) is 0 Å². The first-order chi connectivity index (χ1) is 11.0. The molecule has 134 valence electrons. The summed E-state index contributed by atoms with van der Waals surface area (Å²) in [5.74, 6) is -1.85. The molecule has 0 fully saturated rings. The third-order valence-electron chi connectivity index (χ3n) is 4.56. The first-order valence-electron chi connectivity index (χ1n) is 8.01. The van der Waals surface area contributed by atoms with E-state index in [0.29, 0.717) is 19.4 Å². The van der Waals surface area contributed by atoms with Crippen molar-refractivity contribution in [1.29, 1.82) is 0 Å². The monoisotopic (exact) mass is 399 g/mol. The molecular weight excluding hydrogens is 376 g/mol. The smallest absolute Gasteiger partial charge is 0.748 e. The third kappa shape index (κ3) is 7.09. The zero-order valence-electron chi connectivity index (χ0n) is 16.2. The van der Waals surface area contributed by atoms with Crippen molar-refractivity contribution in [1.82, 2.24) is 0 Å². The second kappa shape index (κ2) is 10.3. The molecule has 1 heterocycles. The van der Waals surface area contributed by atoms with Crippen molar-refractivity contribution in [3.05, 3.63) is 29.3 Å². The van der Waals surface area contributed by atoms with Gasteiger partial charge in [-0.05, 0) is 57.2 Å². The quantitative estimate of drug-likeness (QED) is 0.351. The molecular formula is C17H23NNa2O5S. The van der Waals surface area contributed by atoms with Crippen LogP contribution in [-0.2, 0) is 14.9 Å². The van der Waals surface area contributed by atoms with Crippen LogP contribution in [0.1, 0.15) is 50.2 Å². The molecule has 0 bridgehead atoms. The molecule has 0 amide bonds. The number of carboxylic acids is 1. The minimum atomic E-state index is -4.33. The van der Waals surface area contributed by atoms with E-state index in [1.165, 1.54) is 0 Å². The van der Waals surface area contributed by atoms with E-state index >= 15 is 0 Å². The molecule has 0 spiro atoms. The third-order valence-corrected chi connectivity index (χ3v) is 5.37. The van der Waals surface area contributed by atoms with Gasteiger partial charge in [-0.15, -0.1) is 0 Å². The maximum absolute atomic E-state index is 11.3. The van der Waals surface area contributed by atoms with Gasteiger partial charge in [0.15, 0.2) is 0 Å². The van der Waals surface area contributed by atoms with E-state index < -0.39 is 21.8 Å². The topological polar surface area (TPSA) is 101 Å². The van der Waals surface area contributed by atoms with Crippen LogP contribution in [0.25, 0.3) is 0 Å². The van der Waals surface area contributed by atoms with E-state index in [2.05, 4.69) is 4.90 Å². The first kappa shape index (κ1) is 26.4. The Hall–Kier alpha value is 0.400. The molecule has 0 radical (unpaired) electrons. The van der Waals surface area contributed by atoms with E-state index in [1.807, 2.05) is 39.0 Å². The first-order valence-corrected chi connectivity index (χ1v) is 9.59. The molecule has 9 heteroatoms. The standard InChI is InChI=1S/C17H25NO5S.2Na/c1-12-6-7-14-13(11-24(21,22)23)10-17(2,3)18(15(14)9-12)8-4-5-16(19)20;;/h6-7,9,13H,4-5,8,10-11H2,1-3H3,(H,19,20)(H,21,22,23);;/q;2*+1/p-2. The summed E-state index contributed by atoms with van der Waals surface area (Å²) in [6, 6.07) is 5.75. The molecule has 26 heavy (non-hydrogen) atoms. The number of carbonyl (C=O) groups is 1. The Bertz CT molecular complexity index is 737. The summed E-state index contributed by atoms with van der Waals surface area (Å²) in [5.41, 5.74) is 2.38. The number of nitrogens with zero attached hydrogens (tertiary/aromatic N) is 1. The Kier molecular flexibility index (Phi) is 10.4. The molecule has 0 saturated carbocycles. The number of fused-ring (bicyclic) bond motifs is 1. The van der Waals surface area contributed by atoms with Crippen LogP contribution in [0.15, 0.2) is 18.2 Å². The van der Waals surface area contributed by atoms with Crippen LogP contribution in [0.5, 0.6) is 0 Å². The normalized spacial score (nSPS) is 18.3. The average molecular weight is 399 g/mol. The van der Waals surface area contributed by atoms with Gasteiger partial charge < -0.3 is 19.4 Å². The Morgan fingerprint density at radius 2 is 1.92 bits per heavy atom. The van der Waals surface area contributed by atoms with Gasteiger partial charge in [0.2, 0.25) is 0 Å². The van der Waals surface area contributed by atoms with Gasteiger partial charge >= 0.3 is 59.1 Å². The Morgan fingerprint density at radius 3 is 2.46 bits per heavy atom. The molecule has 1 aliphatic heterocycles. The van der Waals surface area contributed by atoms with Crippen molar-refractivity contribution < 1.29 is 82.0 Å². The molecule has 0 aromatic heterocycles. The van der Waals surface area contributed by atoms with Gasteiger partial charge in [0.25, 0.3) is 0 Å². The molecule has 1 unspecified atom stereocenters. The minimum absolute atomic E-state index is 0. The number of anilines is 1. The molecule has 0 saturated heterocycles. The van der Waals surface area contributed by atoms with Crippen LogP contribution < -0.4 is 69.1 Å². The van der Waals surface area contributed by atoms with Gasteiger partial charge in [0.1, 0.15) is 0 Å². The predicted octanol–water partition coefficient (Wildman–Crippen LogP) is -4.85. The van der Waals surface area contributed by atoms with Crippen LogP contribution in [-0.4, -0.2) is 36.8 Å². The molecule has 6 nitrogen and oxygen atoms in total.